The van der Waals surface area contributed by atoms with E-state index in [0.717, 1.165) is 12.1 Å². The molecule has 0 saturated carbocycles. The number of esters is 1. The first-order valence-electron chi connectivity index (χ1n) is 8.33. The van der Waals surface area contributed by atoms with Gasteiger partial charge in [0.1, 0.15) is 11.3 Å². The van der Waals surface area contributed by atoms with Crippen molar-refractivity contribution >= 4 is 5.97 Å². The maximum atomic E-state index is 12.9. The molecule has 1 aromatic carbocycles. The monoisotopic (exact) mass is 354 g/mol. The molecule has 2 heterocycles. The minimum absolute atomic E-state index is 0.255. The second-order valence-corrected chi connectivity index (χ2v) is 6.52. The van der Waals surface area contributed by atoms with Gasteiger partial charge in [-0.3, -0.25) is 4.79 Å². The van der Waals surface area contributed by atoms with Crippen molar-refractivity contribution in [3.63, 3.8) is 0 Å². The minimum Gasteiger partial charge on any atom is -0.465 e. The third kappa shape index (κ3) is 3.39. The molecule has 0 unspecified atom stereocenters. The second-order valence-electron chi connectivity index (χ2n) is 6.52. The molecule has 1 aromatic rings. The fourth-order valence-electron chi connectivity index (χ4n) is 2.80. The molecule has 0 fully saturated rings. The van der Waals surface area contributed by atoms with Crippen LogP contribution in [0.5, 0.6) is 0 Å². The summed E-state index contributed by atoms with van der Waals surface area (Å²) in [6.45, 7) is 3.37. The average molecular weight is 354 g/mol. The molecule has 0 atom stereocenters. The Morgan fingerprint density at radius 1 is 1.27 bits per heavy atom. The number of hydrogen-bond donors (Lipinski definition) is 0. The third-order valence-corrected chi connectivity index (χ3v) is 4.18. The summed E-state index contributed by atoms with van der Waals surface area (Å²) in [6, 6.07) is 7.52. The van der Waals surface area contributed by atoms with Crippen molar-refractivity contribution in [1.29, 1.82) is 0 Å². The Kier molecular flexibility index (Phi) is 4.90. The van der Waals surface area contributed by atoms with E-state index in [9.17, 15) is 9.59 Å². The summed E-state index contributed by atoms with van der Waals surface area (Å²) in [4.78, 5) is 27.2. The Morgan fingerprint density at radius 2 is 2.04 bits per heavy atom. The maximum absolute atomic E-state index is 12.9. The molecule has 0 aliphatic carbocycles. The van der Waals surface area contributed by atoms with E-state index in [1.165, 1.54) is 11.8 Å². The Labute approximate surface area is 151 Å². The summed E-state index contributed by atoms with van der Waals surface area (Å²) in [5, 5.41) is 4.41. The first-order chi connectivity index (χ1) is 12.4. The molecule has 7 nitrogen and oxygen atoms in total. The summed E-state index contributed by atoms with van der Waals surface area (Å²) < 4.78 is 8.05. The van der Waals surface area contributed by atoms with Crippen LogP contribution in [0.25, 0.3) is 16.9 Å². The lowest BCUT2D eigenvalue weighted by atomic mass is 10.1. The van der Waals surface area contributed by atoms with Gasteiger partial charge in [0.05, 0.1) is 18.4 Å². The summed E-state index contributed by atoms with van der Waals surface area (Å²) in [7, 11) is 5.26. The van der Waals surface area contributed by atoms with Crippen LogP contribution in [0.4, 0.5) is 0 Å². The summed E-state index contributed by atoms with van der Waals surface area (Å²) >= 11 is 0. The molecule has 136 valence electrons. The smallest absolute Gasteiger partial charge is 0.341 e. The highest BCUT2D eigenvalue weighted by Crippen LogP contribution is 2.23. The molecule has 0 saturated heterocycles. The van der Waals surface area contributed by atoms with Crippen LogP contribution in [-0.2, 0) is 11.3 Å². The molecule has 26 heavy (non-hydrogen) atoms. The van der Waals surface area contributed by atoms with E-state index in [2.05, 4.69) is 5.10 Å². The highest BCUT2D eigenvalue weighted by Gasteiger charge is 2.24. The number of pyridine rings is 1. The first-order valence-corrected chi connectivity index (χ1v) is 8.33. The van der Waals surface area contributed by atoms with Crippen LogP contribution in [0, 0.1) is 6.92 Å². The predicted octanol–water partition coefficient (Wildman–Crippen LogP) is 1.80. The predicted molar refractivity (Wildman–Crippen MR) is 99.1 cm³/mol. The molecule has 0 amide bonds. The van der Waals surface area contributed by atoms with E-state index in [1.54, 1.807) is 12.4 Å². The van der Waals surface area contributed by atoms with Crippen LogP contribution in [0.2, 0.25) is 0 Å². The molecule has 0 radical (unpaired) electrons. The molecule has 2 aliphatic heterocycles. The van der Waals surface area contributed by atoms with Crippen LogP contribution in [0.1, 0.15) is 15.9 Å². The highest BCUT2D eigenvalue weighted by atomic mass is 16.5. The van der Waals surface area contributed by atoms with Gasteiger partial charge in [0.2, 0.25) is 0 Å². The molecule has 3 rings (SSSR count). The van der Waals surface area contributed by atoms with Crippen LogP contribution in [0.3, 0.4) is 0 Å². The molecule has 2 aliphatic rings. The van der Waals surface area contributed by atoms with E-state index >= 15 is 0 Å². The molecule has 0 aromatic heterocycles. The number of fused-ring (bicyclic) bond motifs is 1. The van der Waals surface area contributed by atoms with Gasteiger partial charge in [0.25, 0.3) is 5.56 Å². The van der Waals surface area contributed by atoms with Crippen molar-refractivity contribution in [2.24, 2.45) is 0 Å². The summed E-state index contributed by atoms with van der Waals surface area (Å²) in [5.41, 5.74) is 2.47. The molecular formula is C19H22N4O3. The van der Waals surface area contributed by atoms with E-state index in [0.29, 0.717) is 23.5 Å². The normalized spacial score (nSPS) is 11.3. The Morgan fingerprint density at radius 3 is 2.69 bits per heavy atom. The number of rotatable bonds is 5. The minimum atomic E-state index is -0.511. The largest absolute Gasteiger partial charge is 0.465 e. The Hall–Kier alpha value is -2.93. The van der Waals surface area contributed by atoms with Crippen LogP contribution >= 0.6 is 0 Å². The van der Waals surface area contributed by atoms with Crippen LogP contribution in [-0.4, -0.2) is 53.0 Å². The maximum Gasteiger partial charge on any atom is 0.341 e. The van der Waals surface area contributed by atoms with Gasteiger partial charge >= 0.3 is 5.97 Å². The summed E-state index contributed by atoms with van der Waals surface area (Å²) in [6.07, 6.45) is 3.43. The van der Waals surface area contributed by atoms with Crippen LogP contribution in [0.15, 0.2) is 41.5 Å². The molecule has 0 N–H and O–H groups in total. The van der Waals surface area contributed by atoms with Gasteiger partial charge in [-0.1, -0.05) is 12.1 Å². The first kappa shape index (κ1) is 17.9. The standard InChI is InChI=1S/C19H22N4O3/c1-13-6-5-7-14(10-13)23-18(24)15-11-22(9-8-21(2)3)12-16(17(15)20-23)19(25)26-4/h5-7,10-12H,8-9H2,1-4H3. The molecule has 0 spiro atoms. The van der Waals surface area contributed by atoms with Gasteiger partial charge in [-0.2, -0.15) is 9.78 Å². The lowest BCUT2D eigenvalue weighted by Gasteiger charge is -2.14. The zero-order valence-electron chi connectivity index (χ0n) is 15.4. The lowest BCUT2D eigenvalue weighted by Crippen LogP contribution is -2.20. The van der Waals surface area contributed by atoms with Crippen molar-refractivity contribution in [3.8, 4) is 16.9 Å². The van der Waals surface area contributed by atoms with Gasteiger partial charge in [-0.25, -0.2) is 4.79 Å². The number of hydrogen-bond acceptors (Lipinski definition) is 5. The number of aromatic nitrogens is 3. The number of methoxy groups -OCH3 is 1. The number of carbonyl (C=O) groups is 1. The average Bonchev–Trinajstić information content (AvgIpc) is 2.95. The van der Waals surface area contributed by atoms with Crippen molar-refractivity contribution in [1.82, 2.24) is 19.2 Å². The van der Waals surface area contributed by atoms with Crippen molar-refractivity contribution in [2.75, 3.05) is 27.7 Å². The number of benzene rings is 1. The molecule has 7 heteroatoms. The van der Waals surface area contributed by atoms with Crippen molar-refractivity contribution in [2.45, 2.75) is 13.5 Å². The van der Waals surface area contributed by atoms with Crippen LogP contribution < -0.4 is 5.56 Å². The Balaban J connectivity index is 2.19. The van der Waals surface area contributed by atoms with Gasteiger partial charge in [-0.05, 0) is 38.7 Å². The number of carbonyl (C=O) groups excluding carboxylic acids is 1. The summed E-state index contributed by atoms with van der Waals surface area (Å²) in [5.74, 6) is -0.511. The highest BCUT2D eigenvalue weighted by molar-refractivity contribution is 5.96. The zero-order chi connectivity index (χ0) is 18.8. The van der Waals surface area contributed by atoms with E-state index in [4.69, 9.17) is 4.74 Å². The van der Waals surface area contributed by atoms with E-state index in [-0.39, 0.29) is 11.1 Å². The lowest BCUT2D eigenvalue weighted by molar-refractivity contribution is 0.0600. The molecule has 0 bridgehead atoms. The topological polar surface area (TPSA) is 69.4 Å². The Bertz CT molecular complexity index is 971. The zero-order valence-corrected chi connectivity index (χ0v) is 15.4. The van der Waals surface area contributed by atoms with Crippen molar-refractivity contribution in [3.05, 3.63) is 58.1 Å². The quantitative estimate of drug-likeness (QED) is 0.654. The third-order valence-electron chi connectivity index (χ3n) is 4.18. The van der Waals surface area contributed by atoms with Gasteiger partial charge in [-0.15, -0.1) is 0 Å². The van der Waals surface area contributed by atoms with Gasteiger partial charge < -0.3 is 14.2 Å². The van der Waals surface area contributed by atoms with E-state index < -0.39 is 5.97 Å². The van der Waals surface area contributed by atoms with Gasteiger partial charge in [0, 0.05) is 25.5 Å². The SMILES string of the molecule is COC(=O)c1cn(CCN(C)C)cc2c(=O)n(-c3cccc(C)c3)nc1-2. The fraction of sp³-hybridized carbons (Fsp3) is 0.316. The number of aryl methyl sites for hydroxylation is 1. The van der Waals surface area contributed by atoms with Gasteiger partial charge in [0.15, 0.2) is 0 Å². The van der Waals surface area contributed by atoms with Crippen molar-refractivity contribution < 1.29 is 9.53 Å². The number of nitrogens with zero attached hydrogens (tertiary/aromatic N) is 4. The second kappa shape index (κ2) is 7.13. The fourth-order valence-corrected chi connectivity index (χ4v) is 2.80. The van der Waals surface area contributed by atoms with E-state index in [1.807, 2.05) is 54.8 Å². The number of likely N-dealkylation sites (N-methyl/N-ethyl adjacent to an activating group) is 1. The molecular weight excluding hydrogens is 332 g/mol. The number of ether oxygens (including phenoxy) is 1.